The van der Waals surface area contributed by atoms with Crippen LogP contribution in [0.5, 0.6) is 0 Å². The molecule has 1 aliphatic rings. The number of terminal acetylenes is 1. The van der Waals surface area contributed by atoms with Crippen molar-refractivity contribution in [2.75, 3.05) is 25.5 Å². The van der Waals surface area contributed by atoms with Crippen molar-refractivity contribution in [2.45, 2.75) is 6.04 Å². The average Bonchev–Trinajstić information content (AvgIpc) is 2.75. The number of amides is 2. The predicted molar refractivity (Wildman–Crippen MR) is 74.0 cm³/mol. The molecular formula is C13H15N5O2. The number of primary amides is 1. The number of anilines is 1. The van der Waals surface area contributed by atoms with Gasteiger partial charge in [0.15, 0.2) is 0 Å². The van der Waals surface area contributed by atoms with Crippen LogP contribution < -0.4 is 11.1 Å². The summed E-state index contributed by atoms with van der Waals surface area (Å²) in [5.41, 5.74) is 5.73. The second-order valence-corrected chi connectivity index (χ2v) is 4.38. The number of rotatable bonds is 4. The monoisotopic (exact) mass is 273 g/mol. The van der Waals surface area contributed by atoms with Crippen molar-refractivity contribution in [3.05, 3.63) is 23.9 Å². The fourth-order valence-electron chi connectivity index (χ4n) is 2.19. The minimum atomic E-state index is -0.633. The van der Waals surface area contributed by atoms with Crippen molar-refractivity contribution in [3.63, 3.8) is 0 Å². The highest BCUT2D eigenvalue weighted by Gasteiger charge is 2.34. The number of carbonyl (C=O) groups is 2. The molecule has 0 atom stereocenters. The smallest absolute Gasteiger partial charge is 0.255 e. The molecule has 7 nitrogen and oxygen atoms in total. The maximum atomic E-state index is 11.5. The molecule has 2 heterocycles. The van der Waals surface area contributed by atoms with Crippen molar-refractivity contribution in [3.8, 4) is 12.3 Å². The van der Waals surface area contributed by atoms with Crippen molar-refractivity contribution < 1.29 is 9.59 Å². The molecule has 3 N–H and O–H groups in total. The number of likely N-dealkylation sites (tertiary alicyclic amines) is 1. The molecule has 0 radical (unpaired) electrons. The third-order valence-corrected chi connectivity index (χ3v) is 3.22. The molecule has 0 bridgehead atoms. The molecule has 0 aromatic carbocycles. The number of hydrogen-bond acceptors (Lipinski definition) is 4. The molecule has 1 fully saturated rings. The van der Waals surface area contributed by atoms with Crippen LogP contribution in [0.2, 0.25) is 0 Å². The van der Waals surface area contributed by atoms with E-state index in [-0.39, 0.29) is 23.2 Å². The summed E-state index contributed by atoms with van der Waals surface area (Å²) >= 11 is 0. The molecule has 1 aliphatic heterocycles. The van der Waals surface area contributed by atoms with Gasteiger partial charge in [0.05, 0.1) is 6.04 Å². The SMILES string of the molecule is C#Cc1nn(C2CN(C(=O)C=C)C2)c(NC)c1C(N)=O. The molecule has 1 aromatic heterocycles. The van der Waals surface area contributed by atoms with E-state index in [0.29, 0.717) is 18.9 Å². The number of nitrogens with two attached hydrogens (primary N) is 1. The van der Waals surface area contributed by atoms with Gasteiger partial charge in [-0.2, -0.15) is 5.10 Å². The van der Waals surface area contributed by atoms with E-state index in [0.717, 1.165) is 0 Å². The molecule has 0 saturated carbocycles. The van der Waals surface area contributed by atoms with Crippen LogP contribution in [0.1, 0.15) is 22.1 Å². The van der Waals surface area contributed by atoms with E-state index in [1.807, 2.05) is 0 Å². The summed E-state index contributed by atoms with van der Waals surface area (Å²) in [6.07, 6.45) is 6.61. The molecule has 0 aliphatic carbocycles. The summed E-state index contributed by atoms with van der Waals surface area (Å²) in [6, 6.07) is -0.0402. The van der Waals surface area contributed by atoms with Gasteiger partial charge in [0.1, 0.15) is 17.1 Å². The Morgan fingerprint density at radius 1 is 1.60 bits per heavy atom. The van der Waals surface area contributed by atoms with Gasteiger partial charge in [-0.25, -0.2) is 4.68 Å². The topological polar surface area (TPSA) is 93.2 Å². The third kappa shape index (κ3) is 2.01. The van der Waals surface area contributed by atoms with Crippen LogP contribution >= 0.6 is 0 Å². The lowest BCUT2D eigenvalue weighted by Gasteiger charge is -2.39. The first kappa shape index (κ1) is 13.7. The molecular weight excluding hydrogens is 258 g/mol. The van der Waals surface area contributed by atoms with Gasteiger partial charge in [-0.15, -0.1) is 6.42 Å². The summed E-state index contributed by atoms with van der Waals surface area (Å²) in [4.78, 5) is 24.5. The van der Waals surface area contributed by atoms with Crippen molar-refractivity contribution in [2.24, 2.45) is 5.73 Å². The molecule has 1 aromatic rings. The number of nitrogens with zero attached hydrogens (tertiary/aromatic N) is 3. The van der Waals surface area contributed by atoms with Crippen molar-refractivity contribution in [1.82, 2.24) is 14.7 Å². The fourth-order valence-corrected chi connectivity index (χ4v) is 2.19. The maximum Gasteiger partial charge on any atom is 0.255 e. The van der Waals surface area contributed by atoms with Gasteiger partial charge in [-0.1, -0.05) is 6.58 Å². The molecule has 2 amide bonds. The van der Waals surface area contributed by atoms with E-state index < -0.39 is 5.91 Å². The Morgan fingerprint density at radius 3 is 2.70 bits per heavy atom. The highest BCUT2D eigenvalue weighted by Crippen LogP contribution is 2.28. The van der Waals surface area contributed by atoms with Crippen molar-refractivity contribution in [1.29, 1.82) is 0 Å². The predicted octanol–water partition coefficient (Wildman–Crippen LogP) is -0.426. The summed E-state index contributed by atoms with van der Waals surface area (Å²) in [5, 5.41) is 7.10. The van der Waals surface area contributed by atoms with Gasteiger partial charge in [0.25, 0.3) is 5.91 Å². The summed E-state index contributed by atoms with van der Waals surface area (Å²) in [6.45, 7) is 4.42. The first-order chi connectivity index (χ1) is 9.53. The van der Waals surface area contributed by atoms with Crippen LogP contribution in [0, 0.1) is 12.3 Å². The van der Waals surface area contributed by atoms with Gasteiger partial charge in [0, 0.05) is 20.1 Å². The lowest BCUT2D eigenvalue weighted by Crippen LogP contribution is -2.50. The normalized spacial score (nSPS) is 14.3. The first-order valence-electron chi connectivity index (χ1n) is 6.01. The quantitative estimate of drug-likeness (QED) is 0.575. The molecule has 0 unspecified atom stereocenters. The Balaban J connectivity index is 2.31. The van der Waals surface area contributed by atoms with Gasteiger partial charge in [-0.05, 0) is 12.0 Å². The summed E-state index contributed by atoms with van der Waals surface area (Å²) < 4.78 is 1.61. The molecule has 104 valence electrons. The maximum absolute atomic E-state index is 11.5. The third-order valence-electron chi connectivity index (χ3n) is 3.22. The standard InChI is InChI=1S/C13H15N5O2/c1-4-9-11(12(14)20)13(15-3)18(16-9)8-6-17(7-8)10(19)5-2/h1,5,8,15H,2,6-7H2,3H3,(H2,14,20). The lowest BCUT2D eigenvalue weighted by molar-refractivity contribution is -0.131. The molecule has 1 saturated heterocycles. The van der Waals surface area contributed by atoms with Crippen LogP contribution in [0.3, 0.4) is 0 Å². The molecule has 0 spiro atoms. The lowest BCUT2D eigenvalue weighted by atomic mass is 10.1. The second kappa shape index (κ2) is 5.09. The second-order valence-electron chi connectivity index (χ2n) is 4.38. The highest BCUT2D eigenvalue weighted by atomic mass is 16.2. The fraction of sp³-hybridized carbons (Fsp3) is 0.308. The largest absolute Gasteiger partial charge is 0.373 e. The molecule has 2 rings (SSSR count). The summed E-state index contributed by atoms with van der Waals surface area (Å²) in [5.74, 6) is 2.06. The molecule has 20 heavy (non-hydrogen) atoms. The summed E-state index contributed by atoms with van der Waals surface area (Å²) in [7, 11) is 1.66. The van der Waals surface area contributed by atoms with Crippen LogP contribution in [0.25, 0.3) is 0 Å². The van der Waals surface area contributed by atoms with Gasteiger partial charge < -0.3 is 16.0 Å². The van der Waals surface area contributed by atoms with Gasteiger partial charge in [-0.3, -0.25) is 9.59 Å². The van der Waals surface area contributed by atoms with E-state index in [9.17, 15) is 9.59 Å². The number of carbonyl (C=O) groups excluding carboxylic acids is 2. The number of aromatic nitrogens is 2. The first-order valence-corrected chi connectivity index (χ1v) is 6.01. The number of hydrogen-bond donors (Lipinski definition) is 2. The average molecular weight is 273 g/mol. The zero-order valence-electron chi connectivity index (χ0n) is 11.1. The molecule has 7 heteroatoms. The Morgan fingerprint density at radius 2 is 2.25 bits per heavy atom. The van der Waals surface area contributed by atoms with Crippen molar-refractivity contribution >= 4 is 17.6 Å². The van der Waals surface area contributed by atoms with Crippen LogP contribution in [-0.4, -0.2) is 46.6 Å². The van der Waals surface area contributed by atoms with Gasteiger partial charge in [0.2, 0.25) is 5.91 Å². The highest BCUT2D eigenvalue weighted by molar-refractivity contribution is 6.00. The minimum absolute atomic E-state index is 0.0402. The zero-order valence-corrected chi connectivity index (χ0v) is 11.1. The van der Waals surface area contributed by atoms with E-state index in [4.69, 9.17) is 12.2 Å². The Hall–Kier alpha value is -2.75. The van der Waals surface area contributed by atoms with E-state index in [1.165, 1.54) is 6.08 Å². The van der Waals surface area contributed by atoms with Crippen LogP contribution in [0.4, 0.5) is 5.82 Å². The Labute approximate surface area is 116 Å². The van der Waals surface area contributed by atoms with Crippen LogP contribution in [-0.2, 0) is 4.79 Å². The van der Waals surface area contributed by atoms with Gasteiger partial charge >= 0.3 is 0 Å². The van der Waals surface area contributed by atoms with E-state index in [2.05, 4.69) is 22.9 Å². The van der Waals surface area contributed by atoms with Crippen LogP contribution in [0.15, 0.2) is 12.7 Å². The zero-order chi connectivity index (χ0) is 14.9. The van der Waals surface area contributed by atoms with E-state index >= 15 is 0 Å². The minimum Gasteiger partial charge on any atom is -0.373 e. The Kier molecular flexibility index (Phi) is 3.48. The Bertz CT molecular complexity index is 619. The van der Waals surface area contributed by atoms with E-state index in [1.54, 1.807) is 16.6 Å². The number of nitrogens with one attached hydrogen (secondary N) is 1.